The van der Waals surface area contributed by atoms with Gasteiger partial charge in [0, 0.05) is 21.5 Å². The van der Waals surface area contributed by atoms with E-state index in [-0.39, 0.29) is 0 Å². The predicted octanol–water partition coefficient (Wildman–Crippen LogP) is 11.5. The molecule has 0 radical (unpaired) electrons. The second-order valence-corrected chi connectivity index (χ2v) is 9.01. The fourth-order valence-corrected chi connectivity index (χ4v) is 5.27. The first kappa shape index (κ1) is 9.33. The first-order valence-corrected chi connectivity index (χ1v) is 12.2. The lowest BCUT2D eigenvalue weighted by Crippen LogP contribution is -1.91. The van der Waals surface area contributed by atoms with Gasteiger partial charge in [0.25, 0.3) is 0 Å². The highest BCUT2D eigenvalue weighted by Gasteiger charge is 2.21. The van der Waals surface area contributed by atoms with Gasteiger partial charge in [0.15, 0.2) is 0 Å². The summed E-state index contributed by atoms with van der Waals surface area (Å²) >= 11 is 0. The van der Waals surface area contributed by atoms with Crippen LogP contribution in [0.3, 0.4) is 0 Å². The summed E-state index contributed by atoms with van der Waals surface area (Å²) in [6, 6.07) is -20.8. The molecule has 1 heteroatoms. The molecule has 8 aromatic carbocycles. The van der Waals surface area contributed by atoms with Gasteiger partial charge in [-0.15, -0.1) is 0 Å². The molecule has 0 bridgehead atoms. The monoisotopic (exact) mass is 544 g/mol. The molecule has 9 rings (SSSR count). The highest BCUT2D eigenvalue weighted by atomic mass is 16.3. The molecule has 41 heavy (non-hydrogen) atoms. The Morgan fingerprint density at radius 1 is 0.366 bits per heavy atom. The highest BCUT2D eigenvalue weighted by Crippen LogP contribution is 2.48. The average Bonchev–Trinajstić information content (AvgIpc) is 3.68. The smallest absolute Gasteiger partial charge is 0.143 e. The van der Waals surface area contributed by atoms with Gasteiger partial charge in [0.05, 0.1) is 32.9 Å². The number of rotatable bonds is 2. The summed E-state index contributed by atoms with van der Waals surface area (Å²) in [7, 11) is 0. The van der Waals surface area contributed by atoms with Crippen molar-refractivity contribution in [3.05, 3.63) is 145 Å². The molecule has 9 aromatic rings. The van der Waals surface area contributed by atoms with E-state index in [0.717, 1.165) is 0 Å². The number of hydrogen-bond donors (Lipinski definition) is 0. The van der Waals surface area contributed by atoms with Gasteiger partial charge in [0.1, 0.15) is 11.2 Å². The van der Waals surface area contributed by atoms with Crippen LogP contribution in [0.4, 0.5) is 0 Å². The van der Waals surface area contributed by atoms with Crippen molar-refractivity contribution in [2.45, 2.75) is 0 Å². The average molecular weight is 545 g/mol. The van der Waals surface area contributed by atoms with Crippen molar-refractivity contribution in [2.24, 2.45) is 0 Å². The summed E-state index contributed by atoms with van der Waals surface area (Å²) in [6.45, 7) is 0. The van der Waals surface area contributed by atoms with E-state index >= 15 is 0 Å². The zero-order valence-electron chi connectivity index (χ0n) is 44.4. The third-order valence-corrected chi connectivity index (χ3v) is 6.92. The Bertz CT molecular complexity index is 3710. The van der Waals surface area contributed by atoms with E-state index < -0.39 is 232 Å². The van der Waals surface area contributed by atoms with Crippen LogP contribution in [0, 0.1) is 0 Å². The second kappa shape index (κ2) is 8.55. The Labute approximate surface area is 270 Å². The predicted molar refractivity (Wildman–Crippen MR) is 175 cm³/mol. The van der Waals surface area contributed by atoms with E-state index in [1.807, 2.05) is 0 Å². The SMILES string of the molecule is [2H]c1c([2H])c([2H])c(-c2c3c([2H])c([2H])c([2H])c([2H])c3c(-c3c([2H])c4c(oc5c6c([2H])c([2H])c([2H])c([2H])c6c([2H])c([2H])c54)c4c([2H])c([2H])c([2H])c([2H])c34)c3c([2H])c([2H])c([2H])c([2H])c23)c([2H])c1[2H]. The summed E-state index contributed by atoms with van der Waals surface area (Å²) in [4.78, 5) is 0. The van der Waals surface area contributed by atoms with Crippen LogP contribution < -0.4 is 0 Å². The van der Waals surface area contributed by atoms with Gasteiger partial charge < -0.3 is 4.42 Å². The van der Waals surface area contributed by atoms with Gasteiger partial charge in [-0.05, 0) is 66.7 Å². The van der Waals surface area contributed by atoms with E-state index in [1.165, 1.54) is 0 Å². The normalized spacial score (nSPS) is 20.1. The largest absolute Gasteiger partial charge is 0.455 e. The van der Waals surface area contributed by atoms with Crippen molar-refractivity contribution in [1.29, 1.82) is 0 Å². The summed E-state index contributed by atoms with van der Waals surface area (Å²) in [5, 5.41) is -5.60. The molecule has 0 aliphatic rings. The van der Waals surface area contributed by atoms with Gasteiger partial charge in [-0.3, -0.25) is 0 Å². The maximum atomic E-state index is 10.0. The minimum atomic E-state index is -0.948. The lowest BCUT2D eigenvalue weighted by atomic mass is 9.84. The zero-order valence-corrected chi connectivity index (χ0v) is 20.4. The summed E-state index contributed by atoms with van der Waals surface area (Å²) in [5.74, 6) is 0. The highest BCUT2D eigenvalue weighted by molar-refractivity contribution is 6.28. The Balaban J connectivity index is 1.72. The van der Waals surface area contributed by atoms with Crippen LogP contribution in [-0.2, 0) is 0 Å². The first-order chi connectivity index (χ1) is 30.3. The van der Waals surface area contributed by atoms with Crippen LogP contribution in [0.1, 0.15) is 32.9 Å². The zero-order chi connectivity index (χ0) is 47.8. The summed E-state index contributed by atoms with van der Waals surface area (Å²) in [6.07, 6.45) is 0. The maximum Gasteiger partial charge on any atom is 0.143 e. The molecular formula is C40H24O. The lowest BCUT2D eigenvalue weighted by Gasteiger charge is -2.19. The molecule has 0 unspecified atom stereocenters. The molecule has 1 nitrogen and oxygen atoms in total. The van der Waals surface area contributed by atoms with Crippen LogP contribution in [0.15, 0.2) is 149 Å². The molecule has 0 fully saturated rings. The standard InChI is InChI=1S/C40H24O/c1-2-13-26(14-3-1)37-29-17-7-9-19-31(29)38(32-20-10-8-18-30(32)37)35-24-36-34-23-22-25-12-4-5-15-27(25)39(34)41-40(36)33-21-11-6-16-28(33)35/h1-24H/i1D,2D,3D,4D,5D,6D,7D,8D,9D,10D,11D,12D,13D,14D,15D,16D,17D,18D,19D,20D,21D,22D,23D,24D. The molecule has 0 N–H and O–H groups in total. The molecule has 0 spiro atoms. The van der Waals surface area contributed by atoms with E-state index in [1.54, 1.807) is 0 Å². The maximum absolute atomic E-state index is 10.0. The molecule has 0 aliphatic heterocycles. The van der Waals surface area contributed by atoms with Crippen molar-refractivity contribution < 1.29 is 37.3 Å². The minimum absolute atomic E-state index is 0.416. The number of fused-ring (bicyclic) bond motifs is 9. The van der Waals surface area contributed by atoms with Crippen LogP contribution in [0.2, 0.25) is 0 Å². The molecular weight excluding hydrogens is 496 g/mol. The minimum Gasteiger partial charge on any atom is -0.455 e. The van der Waals surface area contributed by atoms with Gasteiger partial charge in [-0.25, -0.2) is 0 Å². The second-order valence-electron chi connectivity index (χ2n) is 9.01. The van der Waals surface area contributed by atoms with Gasteiger partial charge in [-0.1, -0.05) is 133 Å². The summed E-state index contributed by atoms with van der Waals surface area (Å²) < 4.78 is 220. The quantitative estimate of drug-likeness (QED) is 0.197. The third kappa shape index (κ3) is 3.18. The Hall–Kier alpha value is -5.40. The van der Waals surface area contributed by atoms with Crippen molar-refractivity contribution in [2.75, 3.05) is 0 Å². The van der Waals surface area contributed by atoms with Crippen LogP contribution in [0.25, 0.3) is 87.3 Å². The van der Waals surface area contributed by atoms with E-state index in [2.05, 4.69) is 0 Å². The van der Waals surface area contributed by atoms with E-state index in [0.29, 0.717) is 0 Å². The van der Waals surface area contributed by atoms with Gasteiger partial charge in [-0.2, -0.15) is 0 Å². The molecule has 1 aromatic heterocycles. The van der Waals surface area contributed by atoms with Gasteiger partial charge >= 0.3 is 0 Å². The van der Waals surface area contributed by atoms with Crippen LogP contribution in [0.5, 0.6) is 0 Å². The first-order valence-electron chi connectivity index (χ1n) is 24.2. The lowest BCUT2D eigenvalue weighted by molar-refractivity contribution is 0.676. The molecule has 0 atom stereocenters. The van der Waals surface area contributed by atoms with E-state index in [9.17, 15) is 11.0 Å². The topological polar surface area (TPSA) is 13.1 Å². The summed E-state index contributed by atoms with van der Waals surface area (Å²) in [5.41, 5.74) is -3.70. The molecule has 1 heterocycles. The Kier molecular flexibility index (Phi) is 1.94. The van der Waals surface area contributed by atoms with Gasteiger partial charge in [0.2, 0.25) is 0 Å². The van der Waals surface area contributed by atoms with Crippen molar-refractivity contribution in [3.63, 3.8) is 0 Å². The molecule has 0 amide bonds. The van der Waals surface area contributed by atoms with Crippen LogP contribution >= 0.6 is 0 Å². The Morgan fingerprint density at radius 3 is 1.54 bits per heavy atom. The molecule has 0 saturated carbocycles. The van der Waals surface area contributed by atoms with Crippen molar-refractivity contribution >= 4 is 65.0 Å². The Morgan fingerprint density at radius 2 is 0.854 bits per heavy atom. The fraction of sp³-hybridized carbons (Fsp3) is 0. The third-order valence-electron chi connectivity index (χ3n) is 6.92. The van der Waals surface area contributed by atoms with Crippen molar-refractivity contribution in [1.82, 2.24) is 0 Å². The number of hydrogen-bond acceptors (Lipinski definition) is 1. The molecule has 0 saturated heterocycles. The number of benzene rings is 8. The fourth-order valence-electron chi connectivity index (χ4n) is 5.27. The number of furan rings is 1. The van der Waals surface area contributed by atoms with Crippen molar-refractivity contribution in [3.8, 4) is 22.3 Å². The molecule has 0 aliphatic carbocycles. The molecule has 190 valence electrons. The van der Waals surface area contributed by atoms with Crippen LogP contribution in [-0.4, -0.2) is 0 Å². The van der Waals surface area contributed by atoms with E-state index in [4.69, 9.17) is 26.3 Å².